The van der Waals surface area contributed by atoms with Crippen molar-refractivity contribution in [3.8, 4) is 0 Å². The molecule has 0 saturated heterocycles. The summed E-state index contributed by atoms with van der Waals surface area (Å²) >= 11 is 0. The van der Waals surface area contributed by atoms with Crippen LogP contribution in [-0.2, 0) is 14.4 Å². The first-order chi connectivity index (χ1) is 6.84. The minimum atomic E-state index is -0.468. The maximum Gasteiger partial charge on any atom is 0.221 e. The van der Waals surface area contributed by atoms with Gasteiger partial charge < -0.3 is 10.1 Å². The summed E-state index contributed by atoms with van der Waals surface area (Å²) in [6, 6.07) is -0.468. The van der Waals surface area contributed by atoms with Gasteiger partial charge in [0.05, 0.1) is 6.04 Å². The van der Waals surface area contributed by atoms with Crippen molar-refractivity contribution in [2.45, 2.75) is 46.6 Å². The van der Waals surface area contributed by atoms with Crippen LogP contribution in [0.15, 0.2) is 0 Å². The Morgan fingerprint density at radius 3 is 2.00 bits per heavy atom. The molecule has 0 aliphatic carbocycles. The summed E-state index contributed by atoms with van der Waals surface area (Å²) in [6.45, 7) is 6.69. The van der Waals surface area contributed by atoms with Crippen LogP contribution in [0.4, 0.5) is 0 Å². The molecule has 86 valence electrons. The minimum absolute atomic E-state index is 0.00572. The number of nitrogens with one attached hydrogen (secondary N) is 1. The molecule has 0 fully saturated rings. The molecule has 0 heterocycles. The van der Waals surface area contributed by atoms with Crippen molar-refractivity contribution < 1.29 is 14.4 Å². The van der Waals surface area contributed by atoms with Gasteiger partial charge in [0.1, 0.15) is 5.78 Å². The highest BCUT2D eigenvalue weighted by Gasteiger charge is 2.18. The molecular formula is C11H19NO3. The molecular weight excluding hydrogens is 194 g/mol. The third-order valence-electron chi connectivity index (χ3n) is 2.08. The van der Waals surface area contributed by atoms with E-state index in [1.807, 2.05) is 0 Å². The van der Waals surface area contributed by atoms with E-state index in [2.05, 4.69) is 5.32 Å². The van der Waals surface area contributed by atoms with E-state index in [0.29, 0.717) is 0 Å². The second kappa shape index (κ2) is 6.32. The van der Waals surface area contributed by atoms with Crippen molar-refractivity contribution in [1.82, 2.24) is 5.32 Å². The van der Waals surface area contributed by atoms with Crippen LogP contribution in [0.2, 0.25) is 0 Å². The molecule has 4 nitrogen and oxygen atoms in total. The van der Waals surface area contributed by atoms with Crippen molar-refractivity contribution >= 4 is 17.5 Å². The normalized spacial score (nSPS) is 12.3. The van der Waals surface area contributed by atoms with E-state index < -0.39 is 6.04 Å². The second-order valence-electron chi connectivity index (χ2n) is 4.05. The van der Waals surface area contributed by atoms with Gasteiger partial charge in [0.25, 0.3) is 0 Å². The number of rotatable bonds is 6. The van der Waals surface area contributed by atoms with Gasteiger partial charge in [-0.05, 0) is 13.8 Å². The zero-order chi connectivity index (χ0) is 12.0. The quantitative estimate of drug-likeness (QED) is 0.718. The Bertz CT molecular complexity index is 259. The molecule has 0 saturated carbocycles. The Kier molecular flexibility index (Phi) is 5.82. The van der Waals surface area contributed by atoms with Crippen LogP contribution in [0.1, 0.15) is 40.5 Å². The smallest absolute Gasteiger partial charge is 0.221 e. The lowest BCUT2D eigenvalue weighted by atomic mass is 10.0. The molecule has 0 rings (SSSR count). The average molecular weight is 213 g/mol. The molecule has 15 heavy (non-hydrogen) atoms. The van der Waals surface area contributed by atoms with E-state index in [0.717, 1.165) is 0 Å². The number of carbonyl (C=O) groups excluding carboxylic acids is 3. The van der Waals surface area contributed by atoms with Gasteiger partial charge in [-0.15, -0.1) is 0 Å². The molecule has 0 aliphatic heterocycles. The van der Waals surface area contributed by atoms with E-state index in [4.69, 9.17) is 0 Å². The number of hydrogen-bond donors (Lipinski definition) is 1. The molecule has 1 N–H and O–H groups in total. The van der Waals surface area contributed by atoms with Gasteiger partial charge in [-0.3, -0.25) is 9.59 Å². The van der Waals surface area contributed by atoms with E-state index in [1.165, 1.54) is 6.92 Å². The summed E-state index contributed by atoms with van der Waals surface area (Å²) in [4.78, 5) is 33.3. The molecule has 1 amide bonds. The van der Waals surface area contributed by atoms with Crippen LogP contribution in [0.3, 0.4) is 0 Å². The molecule has 0 aromatic carbocycles. The van der Waals surface area contributed by atoms with Crippen molar-refractivity contribution in [2.75, 3.05) is 0 Å². The van der Waals surface area contributed by atoms with Gasteiger partial charge in [0.2, 0.25) is 5.91 Å². The maximum absolute atomic E-state index is 11.4. The van der Waals surface area contributed by atoms with E-state index in [9.17, 15) is 14.4 Å². The topological polar surface area (TPSA) is 63.2 Å². The molecule has 4 heteroatoms. The second-order valence-corrected chi connectivity index (χ2v) is 4.05. The minimum Gasteiger partial charge on any atom is -0.347 e. The predicted octanol–water partition coefficient (Wildman–Crippen LogP) is 1.09. The lowest BCUT2D eigenvalue weighted by Gasteiger charge is -2.14. The first-order valence-electron chi connectivity index (χ1n) is 5.17. The van der Waals surface area contributed by atoms with Gasteiger partial charge in [-0.25, -0.2) is 0 Å². The number of carbonyl (C=O) groups is 3. The van der Waals surface area contributed by atoms with Crippen LogP contribution in [0.25, 0.3) is 0 Å². The third-order valence-corrected chi connectivity index (χ3v) is 2.08. The molecule has 1 unspecified atom stereocenters. The summed E-state index contributed by atoms with van der Waals surface area (Å²) in [5.41, 5.74) is 0. The zero-order valence-corrected chi connectivity index (χ0v) is 9.79. The van der Waals surface area contributed by atoms with Crippen LogP contribution < -0.4 is 5.32 Å². The highest BCUT2D eigenvalue weighted by molar-refractivity contribution is 5.90. The van der Waals surface area contributed by atoms with Gasteiger partial charge in [-0.2, -0.15) is 0 Å². The molecule has 0 aromatic heterocycles. The average Bonchev–Trinajstić information content (AvgIpc) is 2.13. The lowest BCUT2D eigenvalue weighted by molar-refractivity contribution is -0.129. The SMILES string of the molecule is CC(=O)CCC(=O)NC(C)C(=O)C(C)C. The Morgan fingerprint density at radius 1 is 1.07 bits per heavy atom. The van der Waals surface area contributed by atoms with Crippen molar-refractivity contribution in [3.05, 3.63) is 0 Å². The van der Waals surface area contributed by atoms with Gasteiger partial charge >= 0.3 is 0 Å². The summed E-state index contributed by atoms with van der Waals surface area (Å²) in [6.07, 6.45) is 0.388. The molecule has 0 radical (unpaired) electrons. The van der Waals surface area contributed by atoms with Crippen LogP contribution in [0, 0.1) is 5.92 Å². The fourth-order valence-electron chi connectivity index (χ4n) is 1.17. The Morgan fingerprint density at radius 2 is 1.60 bits per heavy atom. The van der Waals surface area contributed by atoms with Gasteiger partial charge in [-0.1, -0.05) is 13.8 Å². The monoisotopic (exact) mass is 213 g/mol. The molecule has 0 aliphatic rings. The summed E-state index contributed by atoms with van der Waals surface area (Å²) in [7, 11) is 0. The number of Topliss-reactive ketones (excluding diaryl/α,β-unsaturated/α-hetero) is 2. The number of amides is 1. The summed E-state index contributed by atoms with van der Waals surface area (Å²) in [5.74, 6) is -0.348. The van der Waals surface area contributed by atoms with E-state index >= 15 is 0 Å². The lowest BCUT2D eigenvalue weighted by Crippen LogP contribution is -2.40. The Labute approximate surface area is 90.4 Å². The number of hydrogen-bond acceptors (Lipinski definition) is 3. The highest BCUT2D eigenvalue weighted by atomic mass is 16.2. The summed E-state index contributed by atoms with van der Waals surface area (Å²) < 4.78 is 0. The van der Waals surface area contributed by atoms with Crippen LogP contribution in [0.5, 0.6) is 0 Å². The highest BCUT2D eigenvalue weighted by Crippen LogP contribution is 2.00. The molecule has 0 aromatic rings. The molecule has 0 bridgehead atoms. The third kappa shape index (κ3) is 5.99. The maximum atomic E-state index is 11.4. The predicted molar refractivity (Wildman–Crippen MR) is 57.4 cm³/mol. The fourth-order valence-corrected chi connectivity index (χ4v) is 1.17. The first-order valence-corrected chi connectivity index (χ1v) is 5.17. The van der Waals surface area contributed by atoms with Crippen molar-refractivity contribution in [3.63, 3.8) is 0 Å². The molecule has 0 spiro atoms. The Balaban J connectivity index is 3.96. The molecule has 1 atom stereocenters. The Hall–Kier alpha value is -1.19. The summed E-state index contributed by atoms with van der Waals surface area (Å²) in [5, 5.41) is 2.58. The standard InChI is InChI=1S/C11H19NO3/c1-7(2)11(15)9(4)12-10(14)6-5-8(3)13/h7,9H,5-6H2,1-4H3,(H,12,14). The van der Waals surface area contributed by atoms with Crippen LogP contribution >= 0.6 is 0 Å². The number of ketones is 2. The van der Waals surface area contributed by atoms with E-state index in [1.54, 1.807) is 20.8 Å². The largest absolute Gasteiger partial charge is 0.347 e. The van der Waals surface area contributed by atoms with Crippen LogP contribution in [-0.4, -0.2) is 23.5 Å². The van der Waals surface area contributed by atoms with Crippen molar-refractivity contribution in [1.29, 1.82) is 0 Å². The fraction of sp³-hybridized carbons (Fsp3) is 0.727. The van der Waals surface area contributed by atoms with E-state index in [-0.39, 0.29) is 36.2 Å². The van der Waals surface area contributed by atoms with Gasteiger partial charge in [0.15, 0.2) is 5.78 Å². The van der Waals surface area contributed by atoms with Crippen molar-refractivity contribution in [2.24, 2.45) is 5.92 Å². The first kappa shape index (κ1) is 13.8. The van der Waals surface area contributed by atoms with Gasteiger partial charge in [0, 0.05) is 18.8 Å². The zero-order valence-electron chi connectivity index (χ0n) is 9.79.